The number of nitrogen functional groups attached to an aromatic ring is 1. The van der Waals surface area contributed by atoms with Crippen molar-refractivity contribution in [3.05, 3.63) is 70.3 Å². The monoisotopic (exact) mass is 502 g/mol. The zero-order chi connectivity index (χ0) is 25.5. The Bertz CT molecular complexity index is 1580. The number of ether oxygens (including phenoxy) is 2. The smallest absolute Gasteiger partial charge is 0.259 e. The Balaban J connectivity index is 0.000000453. The molecule has 3 aliphatic rings. The van der Waals surface area contributed by atoms with Crippen LogP contribution in [0.1, 0.15) is 23.2 Å². The first kappa shape index (κ1) is 23.4. The Morgan fingerprint density at radius 2 is 1.73 bits per heavy atom. The molecule has 0 saturated carbocycles. The molecule has 3 N–H and O–H groups in total. The minimum atomic E-state index is -0.767. The SMILES string of the molecule is C1CCNC1.Nc1c(F)cc2c(=O)c(C(=O)N3CCOCC3)cn3c2c1Oc1cc2ccccc2cc1-3. The highest BCUT2D eigenvalue weighted by atomic mass is 19.1. The number of nitrogens with two attached hydrogens (primary N) is 1. The molecule has 0 atom stereocenters. The van der Waals surface area contributed by atoms with Crippen molar-refractivity contribution in [2.75, 3.05) is 45.1 Å². The summed E-state index contributed by atoms with van der Waals surface area (Å²) in [4.78, 5) is 28.1. The van der Waals surface area contributed by atoms with Crippen LogP contribution in [0.5, 0.6) is 11.5 Å². The van der Waals surface area contributed by atoms with Crippen LogP contribution in [-0.2, 0) is 4.74 Å². The van der Waals surface area contributed by atoms with E-state index < -0.39 is 17.2 Å². The Morgan fingerprint density at radius 1 is 1.03 bits per heavy atom. The van der Waals surface area contributed by atoms with Gasteiger partial charge in [-0.1, -0.05) is 24.3 Å². The molecule has 0 radical (unpaired) electrons. The Labute approximate surface area is 212 Å². The van der Waals surface area contributed by atoms with Crippen LogP contribution in [-0.4, -0.2) is 54.8 Å². The zero-order valence-electron chi connectivity index (χ0n) is 20.3. The topological polar surface area (TPSA) is 98.8 Å². The molecule has 0 unspecified atom stereocenters. The molecule has 8 nitrogen and oxygen atoms in total. The van der Waals surface area contributed by atoms with Crippen LogP contribution >= 0.6 is 0 Å². The molecule has 0 aliphatic carbocycles. The molecule has 1 aromatic heterocycles. The summed E-state index contributed by atoms with van der Waals surface area (Å²) in [6, 6.07) is 12.6. The fourth-order valence-electron chi connectivity index (χ4n) is 5.04. The van der Waals surface area contributed by atoms with E-state index in [2.05, 4.69) is 5.32 Å². The first-order valence-electron chi connectivity index (χ1n) is 12.5. The van der Waals surface area contributed by atoms with Gasteiger partial charge in [0.05, 0.1) is 24.3 Å². The lowest BCUT2D eigenvalue weighted by Crippen LogP contribution is -2.42. The van der Waals surface area contributed by atoms with Crippen molar-refractivity contribution >= 4 is 33.3 Å². The van der Waals surface area contributed by atoms with Gasteiger partial charge >= 0.3 is 0 Å². The number of carbonyl (C=O) groups is 1. The third-order valence-corrected chi connectivity index (χ3v) is 7.02. The van der Waals surface area contributed by atoms with E-state index in [4.69, 9.17) is 15.2 Å². The maximum absolute atomic E-state index is 14.7. The third kappa shape index (κ3) is 4.10. The number of hydrogen-bond donors (Lipinski definition) is 2. The van der Waals surface area contributed by atoms with Gasteiger partial charge in [0, 0.05) is 19.3 Å². The number of pyridine rings is 1. The van der Waals surface area contributed by atoms with Crippen LogP contribution in [0.4, 0.5) is 10.1 Å². The lowest BCUT2D eigenvalue weighted by atomic mass is 10.0. The summed E-state index contributed by atoms with van der Waals surface area (Å²) in [5, 5.41) is 5.16. The molecule has 3 aromatic carbocycles. The van der Waals surface area contributed by atoms with E-state index in [1.807, 2.05) is 36.4 Å². The summed E-state index contributed by atoms with van der Waals surface area (Å²) in [7, 11) is 0. The number of aromatic nitrogens is 1. The summed E-state index contributed by atoms with van der Waals surface area (Å²) in [6.45, 7) is 4.10. The lowest BCUT2D eigenvalue weighted by Gasteiger charge is -2.28. The van der Waals surface area contributed by atoms with E-state index in [-0.39, 0.29) is 22.4 Å². The summed E-state index contributed by atoms with van der Waals surface area (Å²) in [5.41, 5.74) is 6.21. The second kappa shape index (κ2) is 9.49. The molecule has 4 aromatic rings. The van der Waals surface area contributed by atoms with Crippen molar-refractivity contribution < 1.29 is 18.7 Å². The first-order valence-corrected chi connectivity index (χ1v) is 12.5. The van der Waals surface area contributed by atoms with Crippen molar-refractivity contribution in [1.82, 2.24) is 14.8 Å². The molecule has 190 valence electrons. The number of nitrogens with zero attached hydrogens (tertiary/aromatic N) is 2. The third-order valence-electron chi connectivity index (χ3n) is 7.02. The molecular weight excluding hydrogens is 475 g/mol. The quantitative estimate of drug-likeness (QED) is 0.338. The number of fused-ring (bicyclic) bond motifs is 3. The minimum Gasteiger partial charge on any atom is -0.451 e. The second-order valence-electron chi connectivity index (χ2n) is 9.37. The van der Waals surface area contributed by atoms with Crippen molar-refractivity contribution in [2.24, 2.45) is 0 Å². The van der Waals surface area contributed by atoms with Gasteiger partial charge in [-0.3, -0.25) is 9.59 Å². The van der Waals surface area contributed by atoms with Gasteiger partial charge < -0.3 is 30.0 Å². The van der Waals surface area contributed by atoms with Crippen molar-refractivity contribution in [3.8, 4) is 17.2 Å². The van der Waals surface area contributed by atoms with Gasteiger partial charge in [-0.15, -0.1) is 0 Å². The first-order chi connectivity index (χ1) is 18.0. The van der Waals surface area contributed by atoms with Crippen LogP contribution in [0.25, 0.3) is 27.4 Å². The molecular formula is C28H27FN4O4. The Kier molecular flexibility index (Phi) is 6.02. The highest BCUT2D eigenvalue weighted by Crippen LogP contribution is 2.45. The Hall–Kier alpha value is -3.95. The largest absolute Gasteiger partial charge is 0.451 e. The predicted molar refractivity (Wildman–Crippen MR) is 140 cm³/mol. The highest BCUT2D eigenvalue weighted by Gasteiger charge is 2.29. The molecule has 0 spiro atoms. The van der Waals surface area contributed by atoms with Gasteiger partial charge in [0.1, 0.15) is 16.8 Å². The number of anilines is 1. The molecule has 3 aliphatic heterocycles. The van der Waals surface area contributed by atoms with E-state index in [0.717, 1.165) is 16.8 Å². The fourth-order valence-corrected chi connectivity index (χ4v) is 5.04. The van der Waals surface area contributed by atoms with Gasteiger partial charge in [-0.25, -0.2) is 4.39 Å². The molecule has 37 heavy (non-hydrogen) atoms. The van der Waals surface area contributed by atoms with Crippen LogP contribution in [0, 0.1) is 5.82 Å². The zero-order valence-corrected chi connectivity index (χ0v) is 20.3. The normalized spacial score (nSPS) is 16.2. The van der Waals surface area contributed by atoms with Crippen molar-refractivity contribution in [2.45, 2.75) is 12.8 Å². The molecule has 7 rings (SSSR count). The number of hydrogen-bond acceptors (Lipinski definition) is 6. The van der Waals surface area contributed by atoms with E-state index in [1.54, 1.807) is 9.47 Å². The number of amides is 1. The van der Waals surface area contributed by atoms with Crippen molar-refractivity contribution in [1.29, 1.82) is 0 Å². The number of nitrogens with one attached hydrogen (secondary N) is 1. The number of morpholine rings is 1. The molecule has 2 saturated heterocycles. The van der Waals surface area contributed by atoms with Crippen LogP contribution in [0.2, 0.25) is 0 Å². The second-order valence-corrected chi connectivity index (χ2v) is 9.37. The lowest BCUT2D eigenvalue weighted by molar-refractivity contribution is 0.0302. The molecule has 1 amide bonds. The highest BCUT2D eigenvalue weighted by molar-refractivity contribution is 6.01. The van der Waals surface area contributed by atoms with E-state index in [0.29, 0.717) is 43.3 Å². The number of halogens is 1. The summed E-state index contributed by atoms with van der Waals surface area (Å²) < 4.78 is 27.7. The number of carbonyl (C=O) groups excluding carboxylic acids is 1. The Morgan fingerprint density at radius 3 is 2.41 bits per heavy atom. The van der Waals surface area contributed by atoms with Gasteiger partial charge in [0.2, 0.25) is 5.43 Å². The summed E-state index contributed by atoms with van der Waals surface area (Å²) in [6.07, 6.45) is 4.29. The number of rotatable bonds is 1. The minimum absolute atomic E-state index is 0.0319. The van der Waals surface area contributed by atoms with Crippen molar-refractivity contribution in [3.63, 3.8) is 0 Å². The standard InChI is InChI=1S/C24H18FN3O4.C4H9N/c25-17-11-15-21-23(20(17)26)32-19-10-14-4-2-1-3-13(14)9-18(19)28(21)12-16(22(15)29)24(30)27-5-7-31-8-6-27;1-2-4-5-3-1/h1-4,9-12H,5-8,26H2;5H,1-4H2. The van der Waals surface area contributed by atoms with Crippen LogP contribution in [0.15, 0.2) is 53.5 Å². The van der Waals surface area contributed by atoms with E-state index >= 15 is 0 Å². The fraction of sp³-hybridized carbons (Fsp3) is 0.286. The maximum Gasteiger partial charge on any atom is 0.259 e. The van der Waals surface area contributed by atoms with E-state index in [1.165, 1.54) is 32.1 Å². The summed E-state index contributed by atoms with van der Waals surface area (Å²) >= 11 is 0. The average molecular weight is 503 g/mol. The van der Waals surface area contributed by atoms with Crippen LogP contribution < -0.4 is 21.2 Å². The number of benzene rings is 3. The molecule has 2 fully saturated rings. The average Bonchev–Trinajstić information content (AvgIpc) is 3.52. The molecule has 4 heterocycles. The van der Waals surface area contributed by atoms with Gasteiger partial charge in [0.15, 0.2) is 17.3 Å². The van der Waals surface area contributed by atoms with Crippen LogP contribution in [0.3, 0.4) is 0 Å². The maximum atomic E-state index is 14.7. The summed E-state index contributed by atoms with van der Waals surface area (Å²) in [5.74, 6) is -0.638. The van der Waals surface area contributed by atoms with Gasteiger partial charge in [-0.05, 0) is 54.9 Å². The predicted octanol–water partition coefficient (Wildman–Crippen LogP) is 3.81. The van der Waals surface area contributed by atoms with Gasteiger partial charge in [0.25, 0.3) is 5.91 Å². The van der Waals surface area contributed by atoms with Gasteiger partial charge in [-0.2, -0.15) is 0 Å². The van der Waals surface area contributed by atoms with E-state index in [9.17, 15) is 14.0 Å². The molecule has 0 bridgehead atoms. The molecule has 9 heteroatoms.